The van der Waals surface area contributed by atoms with Crippen molar-refractivity contribution in [1.82, 2.24) is 9.97 Å². The molecule has 0 spiro atoms. The molecule has 0 bridgehead atoms. The van der Waals surface area contributed by atoms with Gasteiger partial charge in [0.1, 0.15) is 11.5 Å². The number of anilines is 1. The molecule has 1 aromatic carbocycles. The molecule has 8 nitrogen and oxygen atoms in total. The van der Waals surface area contributed by atoms with Crippen molar-refractivity contribution in [3.05, 3.63) is 58.9 Å². The minimum atomic E-state index is -2.57. The molecule has 3 rings (SSSR count). The second-order valence-electron chi connectivity index (χ2n) is 6.46. The summed E-state index contributed by atoms with van der Waals surface area (Å²) >= 11 is -2.57. The van der Waals surface area contributed by atoms with E-state index < -0.39 is 40.2 Å². The second kappa shape index (κ2) is 9.31. The number of benzene rings is 1. The van der Waals surface area contributed by atoms with Crippen LogP contribution in [0.25, 0.3) is 11.0 Å². The van der Waals surface area contributed by atoms with Gasteiger partial charge in [0, 0.05) is 29.9 Å². The van der Waals surface area contributed by atoms with Gasteiger partial charge in [-0.25, -0.2) is 22.8 Å². The first-order valence-corrected chi connectivity index (χ1v) is 10.4. The maximum atomic E-state index is 15.2. The predicted molar refractivity (Wildman–Crippen MR) is 110 cm³/mol. The van der Waals surface area contributed by atoms with Gasteiger partial charge in [-0.05, 0) is 31.5 Å². The number of esters is 1. The monoisotopic (exact) mass is 451 g/mol. The van der Waals surface area contributed by atoms with E-state index in [4.69, 9.17) is 4.74 Å². The van der Waals surface area contributed by atoms with Gasteiger partial charge in [0.25, 0.3) is 11.3 Å². The van der Waals surface area contributed by atoms with Crippen LogP contribution in [-0.2, 0) is 16.0 Å². The minimum Gasteiger partial charge on any atom is -0.462 e. The average molecular weight is 451 g/mol. The quantitative estimate of drug-likeness (QED) is 0.307. The molecule has 2 aromatic heterocycles. The van der Waals surface area contributed by atoms with E-state index in [-0.39, 0.29) is 41.0 Å². The molecule has 0 aliphatic heterocycles. The molecule has 0 saturated carbocycles. The van der Waals surface area contributed by atoms with Crippen LogP contribution in [0, 0.1) is 11.6 Å². The zero-order valence-electron chi connectivity index (χ0n) is 16.6. The van der Waals surface area contributed by atoms with Crippen molar-refractivity contribution >= 4 is 39.7 Å². The summed E-state index contributed by atoms with van der Waals surface area (Å²) < 4.78 is 56.5. The van der Waals surface area contributed by atoms with Crippen LogP contribution in [0.5, 0.6) is 0 Å². The van der Waals surface area contributed by atoms with Gasteiger partial charge in [0.2, 0.25) is 5.78 Å². The summed E-state index contributed by atoms with van der Waals surface area (Å²) in [5, 5.41) is 0.177. The van der Waals surface area contributed by atoms with Crippen LogP contribution in [-0.4, -0.2) is 43.6 Å². The normalized spacial score (nSPS) is 12.0. The number of H-pyrrole nitrogens is 1. The standard InChI is InChI=1S/C20H19F2N3O5S/c1-3-7-25(31(28)29)15-6-5-14(21)16(17(15)22)18(26)13-10-24-19-12(13)8-11(9-23-19)20(27)30-4-2/h5-6,8-10H,3-4,7H2,1-2H3,(H,23,24)(H,28,29). The van der Waals surface area contributed by atoms with E-state index in [1.165, 1.54) is 18.5 Å². The molecule has 2 heterocycles. The topological polar surface area (TPSA) is 113 Å². The number of hydrogen-bond acceptors (Lipinski definition) is 5. The third-order valence-corrected chi connectivity index (χ3v) is 5.22. The SMILES string of the molecule is CCCN(c1ccc(F)c(C(=O)c2c[nH]c3ncc(C(=O)OCC)cc23)c1F)S(=O)O. The number of halogens is 2. The number of fused-ring (bicyclic) bond motifs is 1. The molecule has 0 aliphatic rings. The number of aromatic nitrogens is 2. The van der Waals surface area contributed by atoms with Gasteiger partial charge in [-0.3, -0.25) is 13.7 Å². The van der Waals surface area contributed by atoms with E-state index >= 15 is 4.39 Å². The summed E-state index contributed by atoms with van der Waals surface area (Å²) in [5.41, 5.74) is -1.07. The van der Waals surface area contributed by atoms with Gasteiger partial charge in [0.15, 0.2) is 5.82 Å². The van der Waals surface area contributed by atoms with Gasteiger partial charge < -0.3 is 9.72 Å². The largest absolute Gasteiger partial charge is 0.462 e. The lowest BCUT2D eigenvalue weighted by Crippen LogP contribution is -2.27. The first-order chi connectivity index (χ1) is 14.8. The van der Waals surface area contributed by atoms with Crippen LogP contribution in [0.1, 0.15) is 46.5 Å². The number of nitrogens with one attached hydrogen (secondary N) is 1. The highest BCUT2D eigenvalue weighted by molar-refractivity contribution is 7.80. The average Bonchev–Trinajstić information content (AvgIpc) is 3.16. The minimum absolute atomic E-state index is 0.0131. The molecule has 164 valence electrons. The molecule has 1 unspecified atom stereocenters. The van der Waals surface area contributed by atoms with Gasteiger partial charge in [-0.1, -0.05) is 6.92 Å². The summed E-state index contributed by atoms with van der Waals surface area (Å²) in [5.74, 6) is -4.05. The van der Waals surface area contributed by atoms with Gasteiger partial charge in [-0.15, -0.1) is 0 Å². The summed E-state index contributed by atoms with van der Waals surface area (Å²) in [7, 11) is 0. The summed E-state index contributed by atoms with van der Waals surface area (Å²) in [6.45, 7) is 3.50. The van der Waals surface area contributed by atoms with E-state index in [0.717, 1.165) is 16.4 Å². The van der Waals surface area contributed by atoms with Crippen molar-refractivity contribution in [2.45, 2.75) is 20.3 Å². The fraction of sp³-hybridized carbons (Fsp3) is 0.250. The molecule has 0 saturated heterocycles. The number of aromatic amines is 1. The van der Waals surface area contributed by atoms with Crippen molar-refractivity contribution in [2.24, 2.45) is 0 Å². The Bertz CT molecular complexity index is 1180. The Balaban J connectivity index is 2.12. The molecule has 11 heteroatoms. The van der Waals surface area contributed by atoms with Crippen LogP contribution in [0.4, 0.5) is 14.5 Å². The number of ketones is 1. The number of rotatable bonds is 8. The zero-order chi connectivity index (χ0) is 22.7. The molecule has 3 aromatic rings. The molecule has 31 heavy (non-hydrogen) atoms. The smallest absolute Gasteiger partial charge is 0.339 e. The van der Waals surface area contributed by atoms with Crippen molar-refractivity contribution in [3.8, 4) is 0 Å². The maximum Gasteiger partial charge on any atom is 0.339 e. The molecule has 0 amide bonds. The van der Waals surface area contributed by atoms with Gasteiger partial charge in [-0.2, -0.15) is 0 Å². The molecule has 0 fully saturated rings. The van der Waals surface area contributed by atoms with Crippen molar-refractivity contribution in [1.29, 1.82) is 0 Å². The third kappa shape index (κ3) is 4.32. The Kier molecular flexibility index (Phi) is 6.76. The number of ether oxygens (including phenoxy) is 1. The summed E-state index contributed by atoms with van der Waals surface area (Å²) in [4.78, 5) is 31.8. The van der Waals surface area contributed by atoms with Gasteiger partial charge >= 0.3 is 5.97 Å². The predicted octanol–water partition coefficient (Wildman–Crippen LogP) is 3.60. The molecule has 0 aliphatic carbocycles. The summed E-state index contributed by atoms with van der Waals surface area (Å²) in [6, 6.07) is 3.20. The van der Waals surface area contributed by atoms with Crippen LogP contribution >= 0.6 is 0 Å². The number of carbonyl (C=O) groups is 2. The van der Waals surface area contributed by atoms with Crippen LogP contribution in [0.15, 0.2) is 30.6 Å². The van der Waals surface area contributed by atoms with Crippen LogP contribution in [0.2, 0.25) is 0 Å². The highest BCUT2D eigenvalue weighted by Gasteiger charge is 2.27. The number of nitrogens with zero attached hydrogens (tertiary/aromatic N) is 2. The Morgan fingerprint density at radius 1 is 1.29 bits per heavy atom. The molecule has 1 atom stereocenters. The van der Waals surface area contributed by atoms with Crippen LogP contribution in [0.3, 0.4) is 0 Å². The zero-order valence-corrected chi connectivity index (χ0v) is 17.5. The first-order valence-electron chi connectivity index (χ1n) is 9.35. The van der Waals surface area contributed by atoms with E-state index in [1.54, 1.807) is 13.8 Å². The van der Waals surface area contributed by atoms with Crippen molar-refractivity contribution in [3.63, 3.8) is 0 Å². The van der Waals surface area contributed by atoms with E-state index in [9.17, 15) is 22.7 Å². The lowest BCUT2D eigenvalue weighted by molar-refractivity contribution is 0.0526. The second-order valence-corrected chi connectivity index (χ2v) is 7.36. The summed E-state index contributed by atoms with van der Waals surface area (Å²) in [6.07, 6.45) is 2.90. The van der Waals surface area contributed by atoms with Crippen molar-refractivity contribution < 1.29 is 31.9 Å². The Morgan fingerprint density at radius 3 is 2.68 bits per heavy atom. The Morgan fingerprint density at radius 2 is 2.03 bits per heavy atom. The molecule has 2 N–H and O–H groups in total. The molecule has 0 radical (unpaired) electrons. The van der Waals surface area contributed by atoms with E-state index in [1.807, 2.05) is 0 Å². The third-order valence-electron chi connectivity index (χ3n) is 4.47. The van der Waals surface area contributed by atoms with Crippen molar-refractivity contribution in [2.75, 3.05) is 17.5 Å². The maximum absolute atomic E-state index is 15.2. The molecular formula is C20H19F2N3O5S. The Hall–Kier alpha value is -3.18. The Labute approximate surface area is 178 Å². The highest BCUT2D eigenvalue weighted by Crippen LogP contribution is 2.29. The van der Waals surface area contributed by atoms with E-state index in [0.29, 0.717) is 6.42 Å². The number of pyridine rings is 1. The highest BCUT2D eigenvalue weighted by atomic mass is 32.2. The van der Waals surface area contributed by atoms with E-state index in [2.05, 4.69) is 9.97 Å². The lowest BCUT2D eigenvalue weighted by atomic mass is 10.0. The van der Waals surface area contributed by atoms with Crippen LogP contribution < -0.4 is 4.31 Å². The fourth-order valence-corrected chi connectivity index (χ4v) is 3.73. The van der Waals surface area contributed by atoms with Gasteiger partial charge in [0.05, 0.1) is 23.4 Å². The number of carbonyl (C=O) groups excluding carboxylic acids is 2. The fourth-order valence-electron chi connectivity index (χ4n) is 3.08. The lowest BCUT2D eigenvalue weighted by Gasteiger charge is -2.20. The number of hydrogen-bond donors (Lipinski definition) is 2. The molecular weight excluding hydrogens is 432 g/mol. The first kappa shape index (κ1) is 22.5.